The molecule has 0 aromatic heterocycles. The molecule has 0 spiro atoms. The van der Waals surface area contributed by atoms with E-state index in [1.165, 1.54) is 38.8 Å². The van der Waals surface area contributed by atoms with Crippen LogP contribution in [0.2, 0.25) is 0 Å². The van der Waals surface area contributed by atoms with E-state index in [0.29, 0.717) is 31.6 Å². The molecule has 2 aliphatic heterocycles. The zero-order chi connectivity index (χ0) is 16.9. The van der Waals surface area contributed by atoms with E-state index in [1.54, 1.807) is 13.8 Å². The minimum Gasteiger partial charge on any atom is -0.465 e. The minimum atomic E-state index is -0.756. The van der Waals surface area contributed by atoms with E-state index in [9.17, 15) is 9.59 Å². The number of rotatable bonds is 6. The highest BCUT2D eigenvalue weighted by Crippen LogP contribution is 2.39. The van der Waals surface area contributed by atoms with Gasteiger partial charge in [0.15, 0.2) is 5.92 Å². The molecule has 0 N–H and O–H groups in total. The molecule has 0 aliphatic carbocycles. The fraction of sp³-hybridized carbons (Fsp3) is 0.889. The monoisotopic (exact) mass is 326 g/mol. The number of carbonyl (C=O) groups is 2. The van der Waals surface area contributed by atoms with Crippen LogP contribution in [0.5, 0.6) is 0 Å². The maximum atomic E-state index is 12.2. The highest BCUT2D eigenvalue weighted by atomic mass is 16.6. The molecule has 2 saturated heterocycles. The summed E-state index contributed by atoms with van der Waals surface area (Å²) < 4.78 is 11.4. The topological polar surface area (TPSA) is 52.6 Å². The van der Waals surface area contributed by atoms with E-state index in [1.807, 2.05) is 0 Å². The third kappa shape index (κ3) is 4.25. The average Bonchev–Trinajstić information content (AvgIpc) is 2.52. The Bertz CT molecular complexity index is 403. The van der Waals surface area contributed by atoms with Crippen LogP contribution in [0.15, 0.2) is 0 Å². The Balaban J connectivity index is 2.10. The first-order valence-electron chi connectivity index (χ1n) is 9.19. The maximum absolute atomic E-state index is 12.2. The minimum absolute atomic E-state index is 0.302. The fourth-order valence-corrected chi connectivity index (χ4v) is 4.59. The van der Waals surface area contributed by atoms with Gasteiger partial charge in [0.05, 0.1) is 39.4 Å². The van der Waals surface area contributed by atoms with Crippen LogP contribution in [-0.2, 0) is 19.1 Å². The molecule has 0 saturated carbocycles. The molecule has 0 bridgehead atoms. The number of hydrogen-bond acceptors (Lipinski definition) is 4. The molecule has 2 fully saturated rings. The van der Waals surface area contributed by atoms with Gasteiger partial charge in [0.1, 0.15) is 0 Å². The molecule has 5 heteroatoms. The van der Waals surface area contributed by atoms with Crippen molar-refractivity contribution >= 4 is 11.9 Å². The lowest BCUT2D eigenvalue weighted by molar-refractivity contribution is -0.947. The lowest BCUT2D eigenvalue weighted by Crippen LogP contribution is -2.61. The highest BCUT2D eigenvalue weighted by Gasteiger charge is 2.46. The van der Waals surface area contributed by atoms with Gasteiger partial charge in [-0.1, -0.05) is 0 Å². The molecular formula is C18H32NO4+. The second-order valence-electron chi connectivity index (χ2n) is 7.18. The predicted octanol–water partition coefficient (Wildman–Crippen LogP) is 2.53. The van der Waals surface area contributed by atoms with Gasteiger partial charge in [-0.05, 0) is 52.4 Å². The summed E-state index contributed by atoms with van der Waals surface area (Å²) in [5.41, 5.74) is 0. The van der Waals surface area contributed by atoms with Gasteiger partial charge < -0.3 is 14.0 Å². The summed E-state index contributed by atoms with van der Waals surface area (Å²) in [4.78, 5) is 24.5. The zero-order valence-electron chi connectivity index (χ0n) is 14.9. The van der Waals surface area contributed by atoms with Gasteiger partial charge in [0.25, 0.3) is 0 Å². The molecule has 0 aromatic rings. The summed E-state index contributed by atoms with van der Waals surface area (Å²) in [5.74, 6) is -1.18. The third-order valence-corrected chi connectivity index (χ3v) is 5.69. The van der Waals surface area contributed by atoms with Crippen molar-refractivity contribution in [3.05, 3.63) is 0 Å². The van der Waals surface area contributed by atoms with Crippen LogP contribution < -0.4 is 0 Å². The Kier molecular flexibility index (Phi) is 6.45. The Hall–Kier alpha value is -1.10. The van der Waals surface area contributed by atoms with Gasteiger partial charge in [-0.2, -0.15) is 0 Å². The van der Waals surface area contributed by atoms with Crippen LogP contribution in [0.25, 0.3) is 0 Å². The molecule has 0 amide bonds. The van der Waals surface area contributed by atoms with Gasteiger partial charge >= 0.3 is 11.9 Å². The van der Waals surface area contributed by atoms with Crippen molar-refractivity contribution in [3.8, 4) is 0 Å². The van der Waals surface area contributed by atoms with Gasteiger partial charge in [0.2, 0.25) is 0 Å². The molecule has 0 aromatic carbocycles. The van der Waals surface area contributed by atoms with E-state index >= 15 is 0 Å². The summed E-state index contributed by atoms with van der Waals surface area (Å²) in [6.45, 7) is 6.61. The van der Waals surface area contributed by atoms with Gasteiger partial charge in [0, 0.05) is 5.92 Å². The van der Waals surface area contributed by atoms with E-state index in [0.717, 1.165) is 10.9 Å². The molecular weight excluding hydrogens is 294 g/mol. The summed E-state index contributed by atoms with van der Waals surface area (Å²) in [6.07, 6.45) is 6.62. The molecule has 3 atom stereocenters. The van der Waals surface area contributed by atoms with Crippen molar-refractivity contribution in [1.82, 2.24) is 0 Å². The molecule has 2 rings (SSSR count). The second-order valence-corrected chi connectivity index (χ2v) is 7.18. The van der Waals surface area contributed by atoms with Crippen LogP contribution in [0.4, 0.5) is 0 Å². The first kappa shape index (κ1) is 18.2. The SMILES string of the molecule is CCOC(=O)C(CC1CCC[N+]2(C)CCCCC12)C(=O)OCC. The molecule has 2 aliphatic rings. The first-order valence-corrected chi connectivity index (χ1v) is 9.19. The van der Waals surface area contributed by atoms with Gasteiger partial charge in [-0.15, -0.1) is 0 Å². The van der Waals surface area contributed by atoms with E-state index in [2.05, 4.69) is 7.05 Å². The number of esters is 2. The molecule has 5 nitrogen and oxygen atoms in total. The Morgan fingerprint density at radius 1 is 1.00 bits per heavy atom. The molecule has 3 unspecified atom stereocenters. The van der Waals surface area contributed by atoms with Crippen molar-refractivity contribution in [3.63, 3.8) is 0 Å². The number of ether oxygens (including phenoxy) is 2. The van der Waals surface area contributed by atoms with Crippen LogP contribution in [0, 0.1) is 11.8 Å². The van der Waals surface area contributed by atoms with E-state index < -0.39 is 17.9 Å². The molecule has 23 heavy (non-hydrogen) atoms. The van der Waals surface area contributed by atoms with E-state index in [4.69, 9.17) is 9.47 Å². The Morgan fingerprint density at radius 2 is 1.61 bits per heavy atom. The number of carbonyl (C=O) groups excluding carboxylic acids is 2. The number of quaternary nitrogens is 1. The number of fused-ring (bicyclic) bond motifs is 1. The van der Waals surface area contributed by atoms with Gasteiger partial charge in [-0.3, -0.25) is 9.59 Å². The van der Waals surface area contributed by atoms with Crippen LogP contribution in [0.3, 0.4) is 0 Å². The lowest BCUT2D eigenvalue weighted by Gasteiger charge is -2.51. The fourth-order valence-electron chi connectivity index (χ4n) is 4.59. The van der Waals surface area contributed by atoms with E-state index in [-0.39, 0.29) is 0 Å². The largest absolute Gasteiger partial charge is 0.465 e. The summed E-state index contributed by atoms with van der Waals surface area (Å²) in [5, 5.41) is 0. The van der Waals surface area contributed by atoms with Gasteiger partial charge in [-0.25, -0.2) is 0 Å². The third-order valence-electron chi connectivity index (χ3n) is 5.69. The molecule has 0 radical (unpaired) electrons. The highest BCUT2D eigenvalue weighted by molar-refractivity contribution is 5.94. The lowest BCUT2D eigenvalue weighted by atomic mass is 9.77. The van der Waals surface area contributed by atoms with Crippen molar-refractivity contribution in [1.29, 1.82) is 0 Å². The van der Waals surface area contributed by atoms with Crippen molar-refractivity contribution in [2.24, 2.45) is 11.8 Å². The Morgan fingerprint density at radius 3 is 2.22 bits per heavy atom. The Labute approximate surface area is 139 Å². The van der Waals surface area contributed by atoms with Crippen molar-refractivity contribution in [2.75, 3.05) is 33.4 Å². The normalized spacial score (nSPS) is 30.6. The molecule has 132 valence electrons. The smallest absolute Gasteiger partial charge is 0.320 e. The zero-order valence-corrected chi connectivity index (χ0v) is 14.9. The van der Waals surface area contributed by atoms with Crippen molar-refractivity contribution < 1.29 is 23.5 Å². The summed E-state index contributed by atoms with van der Waals surface area (Å²) in [7, 11) is 2.35. The summed E-state index contributed by atoms with van der Waals surface area (Å²) in [6, 6.07) is 0.573. The molecule has 2 heterocycles. The number of nitrogens with zero attached hydrogens (tertiary/aromatic N) is 1. The van der Waals surface area contributed by atoms with Crippen LogP contribution in [-0.4, -0.2) is 55.8 Å². The quantitative estimate of drug-likeness (QED) is 0.427. The second kappa shape index (κ2) is 8.13. The predicted molar refractivity (Wildman–Crippen MR) is 87.7 cm³/mol. The average molecular weight is 326 g/mol. The summed E-state index contributed by atoms with van der Waals surface area (Å²) >= 11 is 0. The van der Waals surface area contributed by atoms with Crippen molar-refractivity contribution in [2.45, 2.75) is 58.4 Å². The van der Waals surface area contributed by atoms with Crippen LogP contribution in [0.1, 0.15) is 52.4 Å². The first-order chi connectivity index (χ1) is 11.0. The maximum Gasteiger partial charge on any atom is 0.320 e. The number of hydrogen-bond donors (Lipinski definition) is 0. The number of piperidine rings is 2. The standard InChI is InChI=1S/C18H32NO4/c1-4-22-17(20)15(18(21)23-5-2)13-14-9-8-12-19(3)11-7-6-10-16(14)19/h14-16H,4-13H2,1-3H3/q+1. The van der Waals surface area contributed by atoms with Crippen LogP contribution >= 0.6 is 0 Å².